The molecule has 1 aromatic heterocycles. The van der Waals surface area contributed by atoms with Crippen molar-refractivity contribution >= 4 is 16.8 Å². The molecule has 24 heavy (non-hydrogen) atoms. The molecule has 0 aliphatic rings. The predicted octanol–water partition coefficient (Wildman–Crippen LogP) is 4.26. The number of carbonyl (C=O) groups is 1. The van der Waals surface area contributed by atoms with Gasteiger partial charge in [-0.25, -0.2) is 0 Å². The number of fused-ring (bicyclic) bond motifs is 1. The van der Waals surface area contributed by atoms with E-state index in [1.807, 2.05) is 49.1 Å². The monoisotopic (exact) mass is 320 g/mol. The second kappa shape index (κ2) is 6.91. The van der Waals surface area contributed by atoms with Gasteiger partial charge < -0.3 is 9.47 Å². The smallest absolute Gasteiger partial charge is 0.227 e. The van der Waals surface area contributed by atoms with Gasteiger partial charge in [0.15, 0.2) is 0 Å². The molecule has 124 valence electrons. The number of likely N-dealkylation sites (N-methyl/N-ethyl adjacent to an activating group) is 1. The van der Waals surface area contributed by atoms with Crippen LogP contribution in [0.2, 0.25) is 0 Å². The van der Waals surface area contributed by atoms with Crippen LogP contribution in [0.25, 0.3) is 22.2 Å². The van der Waals surface area contributed by atoms with Crippen LogP contribution in [0.1, 0.15) is 19.4 Å². The predicted molar refractivity (Wildman–Crippen MR) is 100.0 cm³/mol. The zero-order valence-corrected chi connectivity index (χ0v) is 14.6. The molecule has 1 heterocycles. The lowest BCUT2D eigenvalue weighted by molar-refractivity contribution is -0.130. The van der Waals surface area contributed by atoms with Crippen LogP contribution in [-0.2, 0) is 18.3 Å². The Morgan fingerprint density at radius 3 is 2.25 bits per heavy atom. The van der Waals surface area contributed by atoms with Crippen molar-refractivity contribution in [3.8, 4) is 11.3 Å². The van der Waals surface area contributed by atoms with Crippen LogP contribution < -0.4 is 0 Å². The Hall–Kier alpha value is -2.55. The fourth-order valence-corrected chi connectivity index (χ4v) is 3.45. The Kier molecular flexibility index (Phi) is 4.70. The van der Waals surface area contributed by atoms with Crippen molar-refractivity contribution in [2.45, 2.75) is 20.3 Å². The molecular weight excluding hydrogens is 296 g/mol. The molecule has 2 aromatic carbocycles. The average molecular weight is 320 g/mol. The Labute approximate surface area is 143 Å². The summed E-state index contributed by atoms with van der Waals surface area (Å²) in [4.78, 5) is 14.6. The van der Waals surface area contributed by atoms with E-state index in [-0.39, 0.29) is 5.91 Å². The van der Waals surface area contributed by atoms with Gasteiger partial charge in [-0.2, -0.15) is 0 Å². The number of aromatic nitrogens is 1. The van der Waals surface area contributed by atoms with E-state index in [0.29, 0.717) is 6.42 Å². The largest absolute Gasteiger partial charge is 0.343 e. The van der Waals surface area contributed by atoms with Crippen LogP contribution in [-0.4, -0.2) is 28.5 Å². The van der Waals surface area contributed by atoms with Crippen molar-refractivity contribution in [3.05, 3.63) is 60.2 Å². The normalized spacial score (nSPS) is 11.0. The first kappa shape index (κ1) is 16.3. The Morgan fingerprint density at radius 1 is 0.958 bits per heavy atom. The van der Waals surface area contributed by atoms with E-state index in [2.05, 4.69) is 35.9 Å². The van der Waals surface area contributed by atoms with Gasteiger partial charge in [0, 0.05) is 31.0 Å². The number of benzene rings is 2. The van der Waals surface area contributed by atoms with Crippen LogP contribution >= 0.6 is 0 Å². The zero-order valence-electron chi connectivity index (χ0n) is 14.6. The lowest BCUT2D eigenvalue weighted by Crippen LogP contribution is -2.31. The lowest BCUT2D eigenvalue weighted by Gasteiger charge is -2.19. The molecule has 0 aliphatic heterocycles. The van der Waals surface area contributed by atoms with Gasteiger partial charge in [-0.05, 0) is 31.0 Å². The first-order valence-corrected chi connectivity index (χ1v) is 8.56. The molecule has 0 aliphatic carbocycles. The number of hydrogen-bond acceptors (Lipinski definition) is 1. The van der Waals surface area contributed by atoms with Gasteiger partial charge >= 0.3 is 0 Å². The molecule has 0 saturated heterocycles. The molecule has 3 rings (SSSR count). The maximum Gasteiger partial charge on any atom is 0.227 e. The first-order chi connectivity index (χ1) is 11.7. The fourth-order valence-electron chi connectivity index (χ4n) is 3.45. The summed E-state index contributed by atoms with van der Waals surface area (Å²) >= 11 is 0. The number of amides is 1. The third-order valence-corrected chi connectivity index (χ3v) is 4.70. The second-order valence-corrected chi connectivity index (χ2v) is 6.01. The third-order valence-electron chi connectivity index (χ3n) is 4.70. The van der Waals surface area contributed by atoms with Gasteiger partial charge in [0.25, 0.3) is 0 Å². The summed E-state index contributed by atoms with van der Waals surface area (Å²) in [5.74, 6) is 0.188. The van der Waals surface area contributed by atoms with Gasteiger partial charge in [-0.3, -0.25) is 4.79 Å². The van der Waals surface area contributed by atoms with Crippen molar-refractivity contribution in [1.29, 1.82) is 0 Å². The van der Waals surface area contributed by atoms with E-state index >= 15 is 0 Å². The topological polar surface area (TPSA) is 25.2 Å². The van der Waals surface area contributed by atoms with E-state index in [1.54, 1.807) is 0 Å². The molecule has 3 heteroatoms. The summed E-state index contributed by atoms with van der Waals surface area (Å²) in [7, 11) is 2.08. The summed E-state index contributed by atoms with van der Waals surface area (Å²) < 4.78 is 2.20. The average Bonchev–Trinajstić information content (AvgIpc) is 2.89. The summed E-state index contributed by atoms with van der Waals surface area (Å²) in [6.07, 6.45) is 0.438. The molecule has 0 bridgehead atoms. The Morgan fingerprint density at radius 2 is 1.58 bits per heavy atom. The van der Waals surface area contributed by atoms with Crippen LogP contribution in [0.5, 0.6) is 0 Å². The summed E-state index contributed by atoms with van der Waals surface area (Å²) in [5, 5.41) is 1.17. The molecule has 0 fully saturated rings. The van der Waals surface area contributed by atoms with Crippen molar-refractivity contribution in [1.82, 2.24) is 9.47 Å². The van der Waals surface area contributed by atoms with Gasteiger partial charge in [-0.1, -0.05) is 48.5 Å². The molecule has 0 saturated carbocycles. The molecular formula is C21H24N2O. The highest BCUT2D eigenvalue weighted by Gasteiger charge is 2.20. The number of rotatable bonds is 5. The molecule has 1 amide bonds. The number of hydrogen-bond donors (Lipinski definition) is 0. The molecule has 3 aromatic rings. The van der Waals surface area contributed by atoms with E-state index in [4.69, 9.17) is 0 Å². The van der Waals surface area contributed by atoms with Crippen molar-refractivity contribution in [3.63, 3.8) is 0 Å². The number of aryl methyl sites for hydroxylation is 1. The second-order valence-electron chi connectivity index (χ2n) is 6.01. The molecule has 0 radical (unpaired) electrons. The zero-order chi connectivity index (χ0) is 17.1. The number of nitrogens with zero attached hydrogens (tertiary/aromatic N) is 2. The van der Waals surface area contributed by atoms with Gasteiger partial charge in [-0.15, -0.1) is 0 Å². The van der Waals surface area contributed by atoms with Gasteiger partial charge in [0.05, 0.1) is 12.1 Å². The SMILES string of the molecule is CCN(CC)C(=O)Cc1c(-c2ccccc2)n(C)c2ccccc12. The van der Waals surface area contributed by atoms with Crippen molar-refractivity contribution in [2.75, 3.05) is 13.1 Å². The molecule has 3 nitrogen and oxygen atoms in total. The highest BCUT2D eigenvalue weighted by molar-refractivity contribution is 5.95. The highest BCUT2D eigenvalue weighted by atomic mass is 16.2. The van der Waals surface area contributed by atoms with E-state index < -0.39 is 0 Å². The van der Waals surface area contributed by atoms with Gasteiger partial charge in [0.2, 0.25) is 5.91 Å². The van der Waals surface area contributed by atoms with Gasteiger partial charge in [0.1, 0.15) is 0 Å². The molecule has 0 spiro atoms. The van der Waals surface area contributed by atoms with E-state index in [9.17, 15) is 4.79 Å². The summed E-state index contributed by atoms with van der Waals surface area (Å²) in [5.41, 5.74) is 4.57. The maximum absolute atomic E-state index is 12.7. The highest BCUT2D eigenvalue weighted by Crippen LogP contribution is 2.33. The van der Waals surface area contributed by atoms with Crippen molar-refractivity contribution in [2.24, 2.45) is 7.05 Å². The third kappa shape index (κ3) is 2.82. The van der Waals surface area contributed by atoms with E-state index in [0.717, 1.165) is 29.9 Å². The Balaban J connectivity index is 2.16. The standard InChI is InChI=1S/C21H24N2O/c1-4-23(5-2)20(24)15-18-17-13-9-10-14-19(17)22(3)21(18)16-11-7-6-8-12-16/h6-14H,4-5,15H2,1-3H3. The number of carbonyl (C=O) groups excluding carboxylic acids is 1. The van der Waals surface area contributed by atoms with Crippen LogP contribution in [0.15, 0.2) is 54.6 Å². The number of para-hydroxylation sites is 1. The minimum atomic E-state index is 0.188. The fraction of sp³-hybridized carbons (Fsp3) is 0.286. The minimum Gasteiger partial charge on any atom is -0.343 e. The first-order valence-electron chi connectivity index (χ1n) is 8.56. The Bertz CT molecular complexity index is 845. The van der Waals surface area contributed by atoms with Crippen LogP contribution in [0.4, 0.5) is 0 Å². The van der Waals surface area contributed by atoms with Crippen LogP contribution in [0, 0.1) is 0 Å². The maximum atomic E-state index is 12.7. The van der Waals surface area contributed by atoms with E-state index in [1.165, 1.54) is 10.9 Å². The van der Waals surface area contributed by atoms with Crippen LogP contribution in [0.3, 0.4) is 0 Å². The molecule has 0 atom stereocenters. The quantitative estimate of drug-likeness (QED) is 0.689. The summed E-state index contributed by atoms with van der Waals surface area (Å²) in [6.45, 7) is 5.56. The minimum absolute atomic E-state index is 0.188. The molecule has 0 unspecified atom stereocenters. The summed E-state index contributed by atoms with van der Waals surface area (Å²) in [6, 6.07) is 18.7. The lowest BCUT2D eigenvalue weighted by atomic mass is 10.0. The molecule has 0 N–H and O–H groups in total. The van der Waals surface area contributed by atoms with Crippen molar-refractivity contribution < 1.29 is 4.79 Å².